The lowest BCUT2D eigenvalue weighted by Gasteiger charge is -2.38. The molecule has 0 bridgehead atoms. The SMILES string of the molecule is COc1cc(N[C@@H]2C[C@H](C)CC[C@H]2C(C)C)c([N+](=O)[O-])cc1CC(=O)O. The van der Waals surface area contributed by atoms with Gasteiger partial charge in [-0.3, -0.25) is 14.9 Å². The molecule has 2 N–H and O–H groups in total. The first kappa shape index (κ1) is 20.0. The van der Waals surface area contributed by atoms with E-state index in [9.17, 15) is 14.9 Å². The summed E-state index contributed by atoms with van der Waals surface area (Å²) in [6.45, 7) is 6.57. The van der Waals surface area contributed by atoms with Crippen LogP contribution < -0.4 is 10.1 Å². The van der Waals surface area contributed by atoms with Gasteiger partial charge in [-0.1, -0.05) is 27.2 Å². The molecule has 1 aromatic rings. The van der Waals surface area contributed by atoms with Gasteiger partial charge in [-0.05, 0) is 30.6 Å². The van der Waals surface area contributed by atoms with Gasteiger partial charge >= 0.3 is 5.97 Å². The molecular weight excluding hydrogens is 336 g/mol. The molecule has 0 aromatic heterocycles. The van der Waals surface area contributed by atoms with Gasteiger partial charge in [0, 0.05) is 23.7 Å². The van der Waals surface area contributed by atoms with Gasteiger partial charge in [-0.15, -0.1) is 0 Å². The number of nitro groups is 1. The third-order valence-corrected chi connectivity index (χ3v) is 5.30. The van der Waals surface area contributed by atoms with Crippen LogP contribution in [0.25, 0.3) is 0 Å². The number of carboxylic acid groups (broad SMARTS) is 1. The summed E-state index contributed by atoms with van der Waals surface area (Å²) in [6.07, 6.45) is 2.90. The van der Waals surface area contributed by atoms with Crippen LogP contribution in [0.15, 0.2) is 12.1 Å². The smallest absolute Gasteiger partial charge is 0.307 e. The first-order valence-corrected chi connectivity index (χ1v) is 9.06. The molecule has 2 rings (SSSR count). The van der Waals surface area contributed by atoms with Crippen LogP contribution in [0.4, 0.5) is 11.4 Å². The number of hydrogen-bond donors (Lipinski definition) is 2. The fraction of sp³-hybridized carbons (Fsp3) is 0.632. The van der Waals surface area contributed by atoms with Crippen molar-refractivity contribution in [2.45, 2.75) is 52.5 Å². The van der Waals surface area contributed by atoms with Gasteiger partial charge in [0.2, 0.25) is 0 Å². The van der Waals surface area contributed by atoms with Crippen molar-refractivity contribution < 1.29 is 19.6 Å². The Hall–Kier alpha value is -2.31. The molecule has 0 saturated heterocycles. The minimum absolute atomic E-state index is 0.109. The van der Waals surface area contributed by atoms with Gasteiger partial charge in [0.1, 0.15) is 11.4 Å². The average molecular weight is 364 g/mol. The Bertz CT molecular complexity index is 674. The lowest BCUT2D eigenvalue weighted by Crippen LogP contribution is -2.38. The molecule has 0 unspecified atom stereocenters. The zero-order chi connectivity index (χ0) is 19.4. The van der Waals surface area contributed by atoms with Crippen LogP contribution >= 0.6 is 0 Å². The van der Waals surface area contributed by atoms with E-state index in [-0.39, 0.29) is 18.2 Å². The summed E-state index contributed by atoms with van der Waals surface area (Å²) in [5.74, 6) is 0.780. The number of nitrogens with zero attached hydrogens (tertiary/aromatic N) is 1. The number of nitro benzene ring substituents is 1. The van der Waals surface area contributed by atoms with Crippen LogP contribution in [0.1, 0.15) is 45.6 Å². The van der Waals surface area contributed by atoms with Crippen molar-refractivity contribution in [2.24, 2.45) is 17.8 Å². The molecular formula is C19H28N2O5. The molecule has 1 aliphatic rings. The predicted molar refractivity (Wildman–Crippen MR) is 99.7 cm³/mol. The molecule has 144 valence electrons. The van der Waals surface area contributed by atoms with Gasteiger partial charge < -0.3 is 15.2 Å². The first-order chi connectivity index (χ1) is 12.2. The van der Waals surface area contributed by atoms with Crippen molar-refractivity contribution in [2.75, 3.05) is 12.4 Å². The number of aliphatic carboxylic acids is 1. The van der Waals surface area contributed by atoms with E-state index in [4.69, 9.17) is 9.84 Å². The van der Waals surface area contributed by atoms with E-state index < -0.39 is 10.9 Å². The highest BCUT2D eigenvalue weighted by Crippen LogP contribution is 2.39. The second-order valence-electron chi connectivity index (χ2n) is 7.59. The van der Waals surface area contributed by atoms with Crippen LogP contribution in [0.2, 0.25) is 0 Å². The highest BCUT2D eigenvalue weighted by Gasteiger charge is 2.32. The number of anilines is 1. The quantitative estimate of drug-likeness (QED) is 0.558. The fourth-order valence-corrected chi connectivity index (χ4v) is 3.94. The monoisotopic (exact) mass is 364 g/mol. The highest BCUT2D eigenvalue weighted by molar-refractivity contribution is 5.75. The van der Waals surface area contributed by atoms with Crippen LogP contribution in [0, 0.1) is 27.9 Å². The van der Waals surface area contributed by atoms with Gasteiger partial charge in [0.15, 0.2) is 0 Å². The summed E-state index contributed by atoms with van der Waals surface area (Å²) < 4.78 is 5.28. The third kappa shape index (κ3) is 4.65. The van der Waals surface area contributed by atoms with Crippen molar-refractivity contribution in [1.29, 1.82) is 0 Å². The van der Waals surface area contributed by atoms with Crippen molar-refractivity contribution >= 4 is 17.3 Å². The normalized spacial score (nSPS) is 22.9. The number of hydrogen-bond acceptors (Lipinski definition) is 5. The average Bonchev–Trinajstić information content (AvgIpc) is 2.54. The van der Waals surface area contributed by atoms with Gasteiger partial charge in [0.05, 0.1) is 18.5 Å². The minimum atomic E-state index is -1.06. The lowest BCUT2D eigenvalue weighted by molar-refractivity contribution is -0.384. The maximum Gasteiger partial charge on any atom is 0.307 e. The number of rotatable bonds is 7. The molecule has 7 nitrogen and oxygen atoms in total. The molecule has 3 atom stereocenters. The van der Waals surface area contributed by atoms with E-state index in [0.29, 0.717) is 34.8 Å². The fourth-order valence-electron chi connectivity index (χ4n) is 3.94. The zero-order valence-electron chi connectivity index (χ0n) is 15.8. The Morgan fingerprint density at radius 2 is 2.12 bits per heavy atom. The predicted octanol–water partition coefficient (Wildman–Crippen LogP) is 4.10. The molecule has 1 aliphatic carbocycles. The van der Waals surface area contributed by atoms with Gasteiger partial charge in [-0.2, -0.15) is 0 Å². The molecule has 0 heterocycles. The summed E-state index contributed by atoms with van der Waals surface area (Å²) in [4.78, 5) is 22.1. The minimum Gasteiger partial charge on any atom is -0.496 e. The summed E-state index contributed by atoms with van der Waals surface area (Å²) in [5.41, 5.74) is 0.586. The number of ether oxygens (including phenoxy) is 1. The molecule has 0 spiro atoms. The van der Waals surface area contributed by atoms with Gasteiger partial charge in [-0.25, -0.2) is 0 Å². The van der Waals surface area contributed by atoms with Crippen LogP contribution in [-0.2, 0) is 11.2 Å². The Morgan fingerprint density at radius 3 is 2.65 bits per heavy atom. The molecule has 26 heavy (non-hydrogen) atoms. The van der Waals surface area contributed by atoms with E-state index >= 15 is 0 Å². The molecule has 0 aliphatic heterocycles. The third-order valence-electron chi connectivity index (χ3n) is 5.30. The Labute approximate surface area is 153 Å². The number of nitrogens with one attached hydrogen (secondary N) is 1. The Kier molecular flexibility index (Phi) is 6.45. The maximum absolute atomic E-state index is 11.6. The number of methoxy groups -OCH3 is 1. The van der Waals surface area contributed by atoms with Crippen molar-refractivity contribution in [3.63, 3.8) is 0 Å². The Morgan fingerprint density at radius 1 is 1.42 bits per heavy atom. The molecule has 7 heteroatoms. The first-order valence-electron chi connectivity index (χ1n) is 9.06. The van der Waals surface area contributed by atoms with Gasteiger partial charge in [0.25, 0.3) is 5.69 Å². The Balaban J connectivity index is 2.40. The highest BCUT2D eigenvalue weighted by atomic mass is 16.6. The number of carbonyl (C=O) groups is 1. The van der Waals surface area contributed by atoms with E-state index in [1.807, 2.05) is 0 Å². The van der Waals surface area contributed by atoms with Crippen LogP contribution in [0.3, 0.4) is 0 Å². The molecule has 0 amide bonds. The second-order valence-corrected chi connectivity index (χ2v) is 7.59. The van der Waals surface area contributed by atoms with E-state index in [0.717, 1.165) is 12.8 Å². The van der Waals surface area contributed by atoms with E-state index in [1.165, 1.54) is 19.6 Å². The number of benzene rings is 1. The summed E-state index contributed by atoms with van der Waals surface area (Å²) >= 11 is 0. The van der Waals surface area contributed by atoms with Crippen LogP contribution in [0.5, 0.6) is 5.75 Å². The van der Waals surface area contributed by atoms with Crippen LogP contribution in [-0.4, -0.2) is 29.2 Å². The standard InChI is InChI=1S/C19H28N2O5/c1-11(2)14-6-5-12(3)7-15(14)20-16-10-18(26-4)13(9-19(22)23)8-17(16)21(24)25/h8,10-12,14-15,20H,5-7,9H2,1-4H3,(H,22,23)/t12-,14+,15-/m1/s1. The summed E-state index contributed by atoms with van der Waals surface area (Å²) in [7, 11) is 1.44. The molecule has 1 saturated carbocycles. The largest absolute Gasteiger partial charge is 0.496 e. The van der Waals surface area contributed by atoms with Crippen molar-refractivity contribution in [3.8, 4) is 5.75 Å². The van der Waals surface area contributed by atoms with Crippen molar-refractivity contribution in [3.05, 3.63) is 27.8 Å². The summed E-state index contributed by atoms with van der Waals surface area (Å²) in [6, 6.07) is 3.02. The summed E-state index contributed by atoms with van der Waals surface area (Å²) in [5, 5.41) is 24.0. The van der Waals surface area contributed by atoms with E-state index in [2.05, 4.69) is 26.1 Å². The number of carboxylic acids is 1. The van der Waals surface area contributed by atoms with Crippen molar-refractivity contribution in [1.82, 2.24) is 0 Å². The lowest BCUT2D eigenvalue weighted by atomic mass is 9.74. The zero-order valence-corrected chi connectivity index (χ0v) is 15.8. The maximum atomic E-state index is 11.6. The molecule has 1 aromatic carbocycles. The molecule has 1 fully saturated rings. The van der Waals surface area contributed by atoms with E-state index in [1.54, 1.807) is 6.07 Å². The second kappa shape index (κ2) is 8.38. The topological polar surface area (TPSA) is 102 Å². The molecule has 0 radical (unpaired) electrons.